The second-order valence-corrected chi connectivity index (χ2v) is 23.0. The number of hydrogen-bond acceptors (Lipinski definition) is 10. The van der Waals surface area contributed by atoms with Crippen LogP contribution in [0.2, 0.25) is 0 Å². The largest absolute Gasteiger partial charge is 2.00 e. The topological polar surface area (TPSA) is 142 Å². The number of ether oxygens (including phenoxy) is 4. The van der Waals surface area contributed by atoms with Gasteiger partial charge in [-0.3, -0.25) is 0 Å². The van der Waals surface area contributed by atoms with Crippen molar-refractivity contribution in [2.24, 2.45) is 0 Å². The normalized spacial score (nSPS) is 13.1. The van der Waals surface area contributed by atoms with Gasteiger partial charge in [-0.05, 0) is 142 Å². The summed E-state index contributed by atoms with van der Waals surface area (Å²) >= 11 is 0. The first kappa shape index (κ1) is 74.0. The van der Waals surface area contributed by atoms with Crippen LogP contribution in [-0.4, -0.2) is 58.3 Å². The Morgan fingerprint density at radius 1 is 0.229 bits per heavy atom. The summed E-state index contributed by atoms with van der Waals surface area (Å²) in [5.41, 5.74) is -27.8. The summed E-state index contributed by atoms with van der Waals surface area (Å²) in [5.74, 6) is -3.94. The summed E-state index contributed by atoms with van der Waals surface area (Å²) < 4.78 is 379. The zero-order chi connectivity index (χ0) is 75.4. The van der Waals surface area contributed by atoms with Crippen molar-refractivity contribution in [3.05, 3.63) is 166 Å². The van der Waals surface area contributed by atoms with E-state index in [1.165, 1.54) is 0 Å². The van der Waals surface area contributed by atoms with Crippen molar-refractivity contribution >= 4 is 44.1 Å². The number of fused-ring (bicyclic) bond motifs is 20. The molecule has 5 heterocycles. The van der Waals surface area contributed by atoms with E-state index in [0.717, 1.165) is 77.0 Å². The molecule has 37 heteroatoms. The molecule has 0 radical (unpaired) electrons. The van der Waals surface area contributed by atoms with E-state index >= 15 is 0 Å². The Morgan fingerprint density at radius 2 is 0.390 bits per heavy atom. The molecule has 538 valence electrons. The Kier molecular flexibility index (Phi) is 17.8. The zero-order valence-electron chi connectivity index (χ0n) is 52.5. The second-order valence-electron chi connectivity index (χ2n) is 23.0. The third-order valence-corrected chi connectivity index (χ3v) is 16.6. The number of alkyl halides is 24. The van der Waals surface area contributed by atoms with Crippen molar-refractivity contribution in [3.8, 4) is 113 Å². The van der Waals surface area contributed by atoms with Crippen molar-refractivity contribution < 1.29 is 144 Å². The first-order valence-electron chi connectivity index (χ1n) is 29.1. The number of hydrogen-bond donors (Lipinski definition) is 0. The van der Waals surface area contributed by atoms with Crippen LogP contribution >= 0.6 is 0 Å². The molecule has 8 aromatic carbocycles. The van der Waals surface area contributed by atoms with E-state index in [2.05, 4.69) is 39.9 Å². The molecule has 0 saturated carbocycles. The Balaban J connectivity index is 0.0000104. The fraction of sp³-hybridized carbons (Fsp3) is 0.176. The predicted octanol–water partition coefficient (Wildman–Crippen LogP) is 21.0. The van der Waals surface area contributed by atoms with E-state index in [9.17, 15) is 105 Å². The summed E-state index contributed by atoms with van der Waals surface area (Å²) in [5, 5.41) is -3.20. The molecule has 13 rings (SSSR count). The Bertz CT molecular complexity index is 4800. The number of halogens is 24. The maximum atomic E-state index is 14.9. The minimum Gasteiger partial charge on any atom is -0.493 e. The molecule has 105 heavy (non-hydrogen) atoms. The van der Waals surface area contributed by atoms with Crippen molar-refractivity contribution in [1.82, 2.24) is 39.9 Å². The van der Waals surface area contributed by atoms with Gasteiger partial charge in [-0.25, -0.2) is 9.97 Å². The van der Waals surface area contributed by atoms with Gasteiger partial charge in [0.2, 0.25) is 0 Å². The van der Waals surface area contributed by atoms with E-state index < -0.39 is 206 Å². The molecule has 0 atom stereocenters. The number of nitrogens with zero attached hydrogens (tertiary/aromatic N) is 8. The Labute approximate surface area is 582 Å². The van der Waals surface area contributed by atoms with Gasteiger partial charge in [0.05, 0.1) is 96.2 Å². The average Bonchev–Trinajstić information content (AvgIpc) is 1.64. The van der Waals surface area contributed by atoms with Gasteiger partial charge in [-0.15, -0.1) is 0 Å². The van der Waals surface area contributed by atoms with E-state index in [4.69, 9.17) is 18.9 Å². The summed E-state index contributed by atoms with van der Waals surface area (Å²) in [6.07, 6.45) is -44.7. The predicted molar refractivity (Wildman–Crippen MR) is 322 cm³/mol. The number of rotatable bonds is 8. The molecule has 0 unspecified atom stereocenters. The summed E-state index contributed by atoms with van der Waals surface area (Å²) in [4.78, 5) is 36.6. The molecule has 2 aliphatic rings. The molecule has 0 N–H and O–H groups in total. The van der Waals surface area contributed by atoms with Gasteiger partial charge in [0, 0.05) is 66.4 Å². The van der Waals surface area contributed by atoms with Gasteiger partial charge < -0.3 is 48.9 Å². The molecule has 2 aliphatic heterocycles. The van der Waals surface area contributed by atoms with Crippen LogP contribution in [0.5, 0.6) is 23.0 Å². The molecule has 0 spiro atoms. The van der Waals surface area contributed by atoms with E-state index in [1.807, 2.05) is 0 Å². The van der Waals surface area contributed by atoms with Gasteiger partial charge >= 0.3 is 68.9 Å². The van der Waals surface area contributed by atoms with Crippen molar-refractivity contribution in [2.45, 2.75) is 49.4 Å². The van der Waals surface area contributed by atoms with Crippen LogP contribution in [0.15, 0.2) is 121 Å². The summed E-state index contributed by atoms with van der Waals surface area (Å²) in [7, 11) is 4.34. The Hall–Kier alpha value is -10.7. The third kappa shape index (κ3) is 13.6. The Morgan fingerprint density at radius 3 is 0.533 bits per heavy atom. The minimum atomic E-state index is -5.59. The van der Waals surface area contributed by atoms with E-state index in [-0.39, 0.29) is 138 Å². The van der Waals surface area contributed by atoms with Crippen molar-refractivity contribution in [3.63, 3.8) is 0 Å². The van der Waals surface area contributed by atoms with Crippen LogP contribution < -0.4 is 28.9 Å². The van der Waals surface area contributed by atoms with Crippen molar-refractivity contribution in [1.29, 1.82) is 0 Å². The SMILES string of the molecule is COc1cc2c(cc1OC)-c1nc-2nc2[n-]c(nc3nc(nc4[n-]c(n1)c1c(-c5cc(C(F)(F)F)cc(C(F)(F)F)c5)ccc(-c5cc(C(F)(F)F)cc(C(F)(F)F)c5)c41)-c1cc(OC)c(OC)cc1-3)c1c(-c3cc(C(F)(F)F)cc(C(F)(F)F)c3)ccc(-c3cc(C(F)(F)F)cc(C(F)(F)F)c3)c21.[Zn+2]. The molecule has 11 aromatic rings. The van der Waals surface area contributed by atoms with Crippen LogP contribution in [0.25, 0.3) is 134 Å². The van der Waals surface area contributed by atoms with Crippen LogP contribution in [0, 0.1) is 0 Å². The summed E-state index contributed by atoms with van der Waals surface area (Å²) in [6.45, 7) is 0. The van der Waals surface area contributed by atoms with Crippen LogP contribution in [0.1, 0.15) is 44.5 Å². The quantitative estimate of drug-likeness (QED) is 0.106. The molecular weight excluding hydrogens is 1510 g/mol. The monoisotopic (exact) mass is 1540 g/mol. The maximum absolute atomic E-state index is 14.9. The fourth-order valence-corrected chi connectivity index (χ4v) is 12.0. The maximum Gasteiger partial charge on any atom is 2.00 e. The van der Waals surface area contributed by atoms with Crippen molar-refractivity contribution in [2.75, 3.05) is 28.4 Å². The second kappa shape index (κ2) is 25.3. The average molecular weight is 1550 g/mol. The summed E-state index contributed by atoms with van der Waals surface area (Å²) in [6, 6.07) is 7.87. The third-order valence-electron chi connectivity index (χ3n) is 16.6. The number of aromatic nitrogens is 8. The van der Waals surface area contributed by atoms with Crippen LogP contribution in [0.3, 0.4) is 0 Å². The molecule has 0 fully saturated rings. The van der Waals surface area contributed by atoms with Gasteiger partial charge in [0.25, 0.3) is 0 Å². The fourth-order valence-electron chi connectivity index (χ4n) is 12.0. The molecule has 0 saturated heterocycles. The number of benzene rings is 8. The van der Waals surface area contributed by atoms with Crippen LogP contribution in [0.4, 0.5) is 105 Å². The van der Waals surface area contributed by atoms with Gasteiger partial charge in [0.1, 0.15) is 0 Å². The van der Waals surface area contributed by atoms with Gasteiger partial charge in [0.15, 0.2) is 23.0 Å². The van der Waals surface area contributed by atoms with Crippen LogP contribution in [-0.2, 0) is 68.9 Å². The first-order valence-corrected chi connectivity index (χ1v) is 29.1. The minimum absolute atomic E-state index is 0. The number of methoxy groups -OCH3 is 4. The first-order chi connectivity index (χ1) is 48.3. The standard InChI is InChI=1S/C68H32F24N8O4.Zn/c1-101-45-21-41-42(22-46(45)102-2)54-93-53(41)95-57-49-37(25-9-29(61(69,70)71)17-30(10-25)62(72,73)74)5-6-38(26-11-31(63(75,76)77)18-32(12-26)64(78,79)80)50(49)59(99-57)97-55-43-23-47(103-3)48(104-4)24-44(43)56(94-55)98-60-52-40(28-15-35(67(87,88)89)20-36(16-28)68(90,91)92)8-7-39(51(52)58(96-54)100-60)27-13-33(65(81,82)83)19-34(14-27)66(84,85)86;/h5-24H,1-4H3;/q-2;+2. The molecule has 3 aromatic heterocycles. The molecular formula is C68H32F24N8O4Zn. The smallest absolute Gasteiger partial charge is 0.493 e. The molecule has 0 aliphatic carbocycles. The van der Waals surface area contributed by atoms with E-state index in [1.54, 1.807) is 0 Å². The molecule has 0 amide bonds. The van der Waals surface area contributed by atoms with E-state index in [0.29, 0.717) is 0 Å². The van der Waals surface area contributed by atoms with Gasteiger partial charge in [-0.1, -0.05) is 24.3 Å². The van der Waals surface area contributed by atoms with Gasteiger partial charge in [-0.2, -0.15) is 105 Å². The molecule has 8 bridgehead atoms. The zero-order valence-corrected chi connectivity index (χ0v) is 55.5. The molecule has 12 nitrogen and oxygen atoms in total.